The van der Waals surface area contributed by atoms with Crippen LogP contribution >= 0.6 is 11.6 Å². The molecule has 2 amide bonds. The molecule has 0 unspecified atom stereocenters. The minimum atomic E-state index is -0.182. The van der Waals surface area contributed by atoms with Gasteiger partial charge in [0.2, 0.25) is 0 Å². The maximum absolute atomic E-state index is 11.7. The molecule has 4 N–H and O–H groups in total. The number of amides is 2. The summed E-state index contributed by atoms with van der Waals surface area (Å²) in [5.41, 5.74) is 6.77. The molecule has 1 saturated carbocycles. The minimum Gasteiger partial charge on any atom is -0.397 e. The van der Waals surface area contributed by atoms with E-state index >= 15 is 0 Å². The molecule has 0 bridgehead atoms. The topological polar surface area (TPSA) is 67.1 Å². The molecule has 0 heterocycles. The molecule has 17 heavy (non-hydrogen) atoms. The van der Waals surface area contributed by atoms with E-state index in [4.69, 9.17) is 17.3 Å². The molecule has 0 aliphatic heterocycles. The maximum Gasteiger partial charge on any atom is 0.319 e. The SMILES string of the molecule is Nc1cc(NC(=O)NC2CCCC2)ccc1Cl. The fraction of sp³-hybridized carbons (Fsp3) is 0.417. The lowest BCUT2D eigenvalue weighted by atomic mass is 10.2. The van der Waals surface area contributed by atoms with Crippen LogP contribution in [0.15, 0.2) is 18.2 Å². The fourth-order valence-electron chi connectivity index (χ4n) is 2.04. The van der Waals surface area contributed by atoms with Crippen LogP contribution in [0.2, 0.25) is 5.02 Å². The number of nitrogens with two attached hydrogens (primary N) is 1. The van der Waals surface area contributed by atoms with Gasteiger partial charge in [0, 0.05) is 11.7 Å². The van der Waals surface area contributed by atoms with Gasteiger partial charge in [-0.25, -0.2) is 4.79 Å². The second-order valence-corrected chi connectivity index (χ2v) is 4.72. The van der Waals surface area contributed by atoms with Crippen molar-refractivity contribution in [2.75, 3.05) is 11.1 Å². The predicted molar refractivity (Wildman–Crippen MR) is 70.3 cm³/mol. The highest BCUT2D eigenvalue weighted by atomic mass is 35.5. The zero-order valence-corrected chi connectivity index (χ0v) is 10.3. The normalized spacial score (nSPS) is 15.8. The van der Waals surface area contributed by atoms with Gasteiger partial charge in [-0.15, -0.1) is 0 Å². The van der Waals surface area contributed by atoms with E-state index in [2.05, 4.69) is 10.6 Å². The predicted octanol–water partition coefficient (Wildman–Crippen LogP) is 2.99. The van der Waals surface area contributed by atoms with E-state index in [9.17, 15) is 4.79 Å². The molecule has 2 rings (SSSR count). The highest BCUT2D eigenvalue weighted by Gasteiger charge is 2.16. The molecule has 92 valence electrons. The summed E-state index contributed by atoms with van der Waals surface area (Å²) in [5, 5.41) is 6.18. The number of hydrogen-bond donors (Lipinski definition) is 3. The molecule has 1 aliphatic rings. The van der Waals surface area contributed by atoms with Crippen molar-refractivity contribution < 1.29 is 4.79 Å². The summed E-state index contributed by atoms with van der Waals surface area (Å²) < 4.78 is 0. The van der Waals surface area contributed by atoms with Crippen molar-refractivity contribution in [2.45, 2.75) is 31.7 Å². The third kappa shape index (κ3) is 3.27. The Morgan fingerprint density at radius 2 is 2.06 bits per heavy atom. The number of urea groups is 1. The lowest BCUT2D eigenvalue weighted by Crippen LogP contribution is -2.36. The molecular formula is C12H16ClN3O. The van der Waals surface area contributed by atoms with Crippen molar-refractivity contribution in [1.29, 1.82) is 0 Å². The molecule has 1 aromatic carbocycles. The highest BCUT2D eigenvalue weighted by Crippen LogP contribution is 2.22. The van der Waals surface area contributed by atoms with Gasteiger partial charge in [0.05, 0.1) is 10.7 Å². The molecule has 0 spiro atoms. The molecule has 1 aliphatic carbocycles. The Morgan fingerprint density at radius 1 is 1.35 bits per heavy atom. The van der Waals surface area contributed by atoms with Crippen molar-refractivity contribution >= 4 is 29.0 Å². The Hall–Kier alpha value is -1.42. The van der Waals surface area contributed by atoms with Crippen LogP contribution in [-0.4, -0.2) is 12.1 Å². The van der Waals surface area contributed by atoms with Crippen molar-refractivity contribution in [3.63, 3.8) is 0 Å². The Labute approximate surface area is 106 Å². The molecule has 0 atom stereocenters. The van der Waals surface area contributed by atoms with Gasteiger partial charge in [0.1, 0.15) is 0 Å². The number of carbonyl (C=O) groups is 1. The maximum atomic E-state index is 11.7. The lowest BCUT2D eigenvalue weighted by molar-refractivity contribution is 0.248. The molecule has 1 aromatic rings. The molecule has 1 fully saturated rings. The largest absolute Gasteiger partial charge is 0.397 e. The van der Waals surface area contributed by atoms with E-state index in [0.717, 1.165) is 12.8 Å². The second-order valence-electron chi connectivity index (χ2n) is 4.32. The number of anilines is 2. The molecule has 0 radical (unpaired) electrons. The standard InChI is InChI=1S/C12H16ClN3O/c13-10-6-5-9(7-11(10)14)16-12(17)15-8-3-1-2-4-8/h5-8H,1-4,14H2,(H2,15,16,17). The molecular weight excluding hydrogens is 238 g/mol. The Bertz CT molecular complexity index is 416. The number of nitrogens with one attached hydrogen (secondary N) is 2. The average molecular weight is 254 g/mol. The summed E-state index contributed by atoms with van der Waals surface area (Å²) in [5.74, 6) is 0. The van der Waals surface area contributed by atoms with Crippen LogP contribution in [0.3, 0.4) is 0 Å². The zero-order valence-electron chi connectivity index (χ0n) is 9.50. The number of halogens is 1. The third-order valence-corrected chi connectivity index (χ3v) is 3.29. The van der Waals surface area contributed by atoms with E-state index in [1.807, 2.05) is 0 Å². The van der Waals surface area contributed by atoms with Crippen LogP contribution < -0.4 is 16.4 Å². The minimum absolute atomic E-state index is 0.182. The van der Waals surface area contributed by atoms with Gasteiger partial charge in [-0.05, 0) is 31.0 Å². The fourth-order valence-corrected chi connectivity index (χ4v) is 2.16. The van der Waals surface area contributed by atoms with E-state index < -0.39 is 0 Å². The summed E-state index contributed by atoms with van der Waals surface area (Å²) in [6, 6.07) is 5.17. The Morgan fingerprint density at radius 3 is 2.71 bits per heavy atom. The summed E-state index contributed by atoms with van der Waals surface area (Å²) >= 11 is 5.80. The first-order valence-electron chi connectivity index (χ1n) is 5.77. The van der Waals surface area contributed by atoms with Crippen LogP contribution in [0.1, 0.15) is 25.7 Å². The average Bonchev–Trinajstić information content (AvgIpc) is 2.76. The number of carbonyl (C=O) groups excluding carboxylic acids is 1. The van der Waals surface area contributed by atoms with Gasteiger partial charge in [-0.2, -0.15) is 0 Å². The first-order valence-corrected chi connectivity index (χ1v) is 6.15. The van der Waals surface area contributed by atoms with Gasteiger partial charge in [0.15, 0.2) is 0 Å². The lowest BCUT2D eigenvalue weighted by Gasteiger charge is -2.13. The van der Waals surface area contributed by atoms with E-state index in [1.54, 1.807) is 18.2 Å². The van der Waals surface area contributed by atoms with Crippen LogP contribution in [0, 0.1) is 0 Å². The number of rotatable bonds is 2. The van der Waals surface area contributed by atoms with Crippen LogP contribution in [0.25, 0.3) is 0 Å². The highest BCUT2D eigenvalue weighted by molar-refractivity contribution is 6.33. The summed E-state index contributed by atoms with van der Waals surface area (Å²) in [4.78, 5) is 11.7. The van der Waals surface area contributed by atoms with E-state index in [0.29, 0.717) is 22.4 Å². The Balaban J connectivity index is 1.90. The monoisotopic (exact) mass is 253 g/mol. The molecule has 0 saturated heterocycles. The van der Waals surface area contributed by atoms with Crippen LogP contribution in [0.4, 0.5) is 16.2 Å². The molecule has 4 nitrogen and oxygen atoms in total. The van der Waals surface area contributed by atoms with Crippen molar-refractivity contribution in [3.8, 4) is 0 Å². The van der Waals surface area contributed by atoms with Crippen molar-refractivity contribution in [1.82, 2.24) is 5.32 Å². The molecule has 0 aromatic heterocycles. The van der Waals surface area contributed by atoms with Gasteiger partial charge in [0.25, 0.3) is 0 Å². The summed E-state index contributed by atoms with van der Waals surface area (Å²) in [6.07, 6.45) is 4.52. The van der Waals surface area contributed by atoms with Crippen LogP contribution in [-0.2, 0) is 0 Å². The van der Waals surface area contributed by atoms with Gasteiger partial charge in [-0.3, -0.25) is 0 Å². The number of nitrogen functional groups attached to an aromatic ring is 1. The van der Waals surface area contributed by atoms with Crippen molar-refractivity contribution in [3.05, 3.63) is 23.2 Å². The third-order valence-electron chi connectivity index (χ3n) is 2.94. The first kappa shape index (κ1) is 12.0. The zero-order chi connectivity index (χ0) is 12.3. The number of benzene rings is 1. The molecule has 5 heteroatoms. The van der Waals surface area contributed by atoms with Crippen molar-refractivity contribution in [2.24, 2.45) is 0 Å². The van der Waals surface area contributed by atoms with Gasteiger partial charge in [-0.1, -0.05) is 24.4 Å². The van der Waals surface area contributed by atoms with Gasteiger partial charge >= 0.3 is 6.03 Å². The Kier molecular flexibility index (Phi) is 3.74. The first-order chi connectivity index (χ1) is 8.15. The summed E-state index contributed by atoms with van der Waals surface area (Å²) in [6.45, 7) is 0. The number of hydrogen-bond acceptors (Lipinski definition) is 2. The van der Waals surface area contributed by atoms with E-state index in [-0.39, 0.29) is 6.03 Å². The summed E-state index contributed by atoms with van der Waals surface area (Å²) in [7, 11) is 0. The van der Waals surface area contributed by atoms with Crippen LogP contribution in [0.5, 0.6) is 0 Å². The van der Waals surface area contributed by atoms with Gasteiger partial charge < -0.3 is 16.4 Å². The second kappa shape index (κ2) is 5.27. The smallest absolute Gasteiger partial charge is 0.319 e. The quantitative estimate of drug-likeness (QED) is 0.710. The van der Waals surface area contributed by atoms with E-state index in [1.165, 1.54) is 12.8 Å².